The minimum Gasteiger partial charge on any atom is -0.391 e. The van der Waals surface area contributed by atoms with Crippen LogP contribution in [0.4, 0.5) is 0 Å². The minimum absolute atomic E-state index is 0.407. The largest absolute Gasteiger partial charge is 0.391 e. The van der Waals surface area contributed by atoms with Gasteiger partial charge in [0.15, 0.2) is 0 Å². The smallest absolute Gasteiger partial charge is 0.142 e. The second kappa shape index (κ2) is 10.1. The predicted molar refractivity (Wildman–Crippen MR) is 113 cm³/mol. The first-order chi connectivity index (χ1) is 13.7. The third-order valence-electron chi connectivity index (χ3n) is 4.24. The van der Waals surface area contributed by atoms with Gasteiger partial charge in [-0.05, 0) is 42.2 Å². The molecule has 0 aliphatic heterocycles. The Bertz CT molecular complexity index is 860. The van der Waals surface area contributed by atoms with E-state index >= 15 is 0 Å². The predicted octanol–water partition coefficient (Wildman–Crippen LogP) is 5.57. The van der Waals surface area contributed by atoms with E-state index in [1.807, 2.05) is 98.8 Å². The van der Waals surface area contributed by atoms with Crippen LogP contribution in [0.5, 0.6) is 0 Å². The first-order valence-corrected chi connectivity index (χ1v) is 9.24. The van der Waals surface area contributed by atoms with Gasteiger partial charge in [-0.15, -0.1) is 0 Å². The Kier molecular flexibility index (Phi) is 6.96. The quantitative estimate of drug-likeness (QED) is 0.383. The molecule has 0 bridgehead atoms. The van der Waals surface area contributed by atoms with Crippen molar-refractivity contribution in [3.63, 3.8) is 0 Å². The fraction of sp³-hybridized carbons (Fsp3) is 0.167. The second-order valence-electron chi connectivity index (χ2n) is 6.45. The van der Waals surface area contributed by atoms with Gasteiger partial charge in [-0.25, -0.2) is 0 Å². The monoisotopic (exact) mass is 372 g/mol. The molecule has 3 rings (SSSR count). The van der Waals surface area contributed by atoms with Crippen LogP contribution in [0.3, 0.4) is 0 Å². The molecule has 0 saturated heterocycles. The normalized spacial score (nSPS) is 11.9. The van der Waals surface area contributed by atoms with Crippen LogP contribution in [0.1, 0.15) is 36.1 Å². The number of nitrogens with zero attached hydrogens (tertiary/aromatic N) is 2. The zero-order chi connectivity index (χ0) is 19.6. The SMILES string of the molecule is C/C(=N/OCc1cccc(CO/N=C(/C)c2ccccc2)c1)c1ccccc1. The third kappa shape index (κ3) is 5.81. The zero-order valence-electron chi connectivity index (χ0n) is 16.2. The Morgan fingerprint density at radius 3 is 1.46 bits per heavy atom. The van der Waals surface area contributed by atoms with Crippen LogP contribution in [0, 0.1) is 0 Å². The Balaban J connectivity index is 1.53. The number of rotatable bonds is 8. The standard InChI is InChI=1S/C24H24N2O2/c1-19(23-12-5-3-6-13-23)25-27-17-21-10-9-11-22(16-21)18-28-26-20(2)24-14-7-4-8-15-24/h3-16H,17-18H2,1-2H3/b25-19-,26-20-. The van der Waals surface area contributed by atoms with Crippen molar-refractivity contribution in [2.24, 2.45) is 10.3 Å². The summed E-state index contributed by atoms with van der Waals surface area (Å²) in [6, 6.07) is 28.0. The van der Waals surface area contributed by atoms with E-state index in [0.717, 1.165) is 33.7 Å². The molecule has 28 heavy (non-hydrogen) atoms. The number of oxime groups is 2. The summed E-state index contributed by atoms with van der Waals surface area (Å²) in [6.45, 7) is 4.69. The lowest BCUT2D eigenvalue weighted by molar-refractivity contribution is 0.126. The molecule has 3 aromatic carbocycles. The van der Waals surface area contributed by atoms with Gasteiger partial charge in [0.1, 0.15) is 13.2 Å². The molecule has 0 saturated carbocycles. The van der Waals surface area contributed by atoms with Crippen LogP contribution in [0.15, 0.2) is 95.2 Å². The van der Waals surface area contributed by atoms with Crippen molar-refractivity contribution in [1.82, 2.24) is 0 Å². The van der Waals surface area contributed by atoms with Crippen molar-refractivity contribution in [3.8, 4) is 0 Å². The van der Waals surface area contributed by atoms with E-state index in [1.165, 1.54) is 0 Å². The van der Waals surface area contributed by atoms with Crippen molar-refractivity contribution in [2.45, 2.75) is 27.1 Å². The van der Waals surface area contributed by atoms with E-state index in [1.54, 1.807) is 0 Å². The first kappa shape index (κ1) is 19.4. The number of hydrogen-bond donors (Lipinski definition) is 0. The Morgan fingerprint density at radius 2 is 1.04 bits per heavy atom. The van der Waals surface area contributed by atoms with Gasteiger partial charge in [-0.2, -0.15) is 0 Å². The summed E-state index contributed by atoms with van der Waals surface area (Å²) in [4.78, 5) is 11.0. The highest BCUT2D eigenvalue weighted by atomic mass is 16.6. The van der Waals surface area contributed by atoms with Gasteiger partial charge in [0, 0.05) is 0 Å². The van der Waals surface area contributed by atoms with Crippen molar-refractivity contribution < 1.29 is 9.68 Å². The van der Waals surface area contributed by atoms with Crippen molar-refractivity contribution in [2.75, 3.05) is 0 Å². The average Bonchev–Trinajstić information content (AvgIpc) is 2.75. The summed E-state index contributed by atoms with van der Waals surface area (Å²) in [5.74, 6) is 0. The molecule has 0 amide bonds. The van der Waals surface area contributed by atoms with Crippen LogP contribution in [0.2, 0.25) is 0 Å². The van der Waals surface area contributed by atoms with Gasteiger partial charge in [0.25, 0.3) is 0 Å². The van der Waals surface area contributed by atoms with E-state index in [0.29, 0.717) is 13.2 Å². The maximum absolute atomic E-state index is 5.51. The lowest BCUT2D eigenvalue weighted by Crippen LogP contribution is -1.98. The molecule has 0 radical (unpaired) electrons. The lowest BCUT2D eigenvalue weighted by Gasteiger charge is -2.06. The van der Waals surface area contributed by atoms with Gasteiger partial charge in [0.2, 0.25) is 0 Å². The molecule has 4 heteroatoms. The molecule has 0 heterocycles. The zero-order valence-corrected chi connectivity index (χ0v) is 16.2. The van der Waals surface area contributed by atoms with Gasteiger partial charge >= 0.3 is 0 Å². The molecule has 3 aromatic rings. The van der Waals surface area contributed by atoms with Crippen molar-refractivity contribution >= 4 is 11.4 Å². The highest BCUT2D eigenvalue weighted by Gasteiger charge is 2.00. The fourth-order valence-electron chi connectivity index (χ4n) is 2.68. The first-order valence-electron chi connectivity index (χ1n) is 9.24. The third-order valence-corrected chi connectivity index (χ3v) is 4.24. The molecule has 4 nitrogen and oxygen atoms in total. The van der Waals surface area contributed by atoms with Crippen molar-refractivity contribution in [1.29, 1.82) is 0 Å². The number of hydrogen-bond acceptors (Lipinski definition) is 4. The Hall–Kier alpha value is -3.40. The second-order valence-corrected chi connectivity index (χ2v) is 6.45. The van der Waals surface area contributed by atoms with Crippen LogP contribution in [-0.2, 0) is 22.9 Å². The van der Waals surface area contributed by atoms with Crippen LogP contribution in [0.25, 0.3) is 0 Å². The van der Waals surface area contributed by atoms with Crippen LogP contribution < -0.4 is 0 Å². The van der Waals surface area contributed by atoms with E-state index < -0.39 is 0 Å². The Morgan fingerprint density at radius 1 is 0.607 bits per heavy atom. The maximum atomic E-state index is 5.51. The van der Waals surface area contributed by atoms with E-state index in [4.69, 9.17) is 9.68 Å². The fourth-order valence-corrected chi connectivity index (χ4v) is 2.68. The minimum atomic E-state index is 0.407. The number of benzene rings is 3. The van der Waals surface area contributed by atoms with Crippen LogP contribution >= 0.6 is 0 Å². The van der Waals surface area contributed by atoms with E-state index in [-0.39, 0.29) is 0 Å². The van der Waals surface area contributed by atoms with E-state index in [9.17, 15) is 0 Å². The summed E-state index contributed by atoms with van der Waals surface area (Å²) in [5.41, 5.74) is 5.88. The molecule has 0 aromatic heterocycles. The maximum Gasteiger partial charge on any atom is 0.142 e. The van der Waals surface area contributed by atoms with E-state index in [2.05, 4.69) is 10.3 Å². The molecule has 0 spiro atoms. The molecule has 0 N–H and O–H groups in total. The molecular formula is C24H24N2O2. The highest BCUT2D eigenvalue weighted by Crippen LogP contribution is 2.10. The lowest BCUT2D eigenvalue weighted by atomic mass is 10.1. The summed E-state index contributed by atoms with van der Waals surface area (Å²) in [6.07, 6.45) is 0. The summed E-state index contributed by atoms with van der Waals surface area (Å²) in [5, 5.41) is 8.40. The Labute approximate surface area is 166 Å². The molecular weight excluding hydrogens is 348 g/mol. The average molecular weight is 372 g/mol. The molecule has 0 unspecified atom stereocenters. The van der Waals surface area contributed by atoms with Gasteiger partial charge in [-0.1, -0.05) is 89.2 Å². The van der Waals surface area contributed by atoms with Gasteiger partial charge in [0.05, 0.1) is 11.4 Å². The van der Waals surface area contributed by atoms with Gasteiger partial charge in [-0.3, -0.25) is 0 Å². The molecule has 0 aliphatic rings. The van der Waals surface area contributed by atoms with Crippen LogP contribution in [-0.4, -0.2) is 11.4 Å². The molecule has 142 valence electrons. The topological polar surface area (TPSA) is 43.2 Å². The summed E-state index contributed by atoms with van der Waals surface area (Å²) < 4.78 is 0. The highest BCUT2D eigenvalue weighted by molar-refractivity contribution is 5.98. The molecule has 0 aliphatic carbocycles. The molecule has 0 atom stereocenters. The summed E-state index contributed by atoms with van der Waals surface area (Å²) >= 11 is 0. The van der Waals surface area contributed by atoms with Crippen molar-refractivity contribution in [3.05, 3.63) is 107 Å². The molecule has 0 fully saturated rings. The van der Waals surface area contributed by atoms with Gasteiger partial charge < -0.3 is 9.68 Å². The summed E-state index contributed by atoms with van der Waals surface area (Å²) in [7, 11) is 0.